The van der Waals surface area contributed by atoms with Crippen molar-refractivity contribution in [3.05, 3.63) is 47.6 Å². The summed E-state index contributed by atoms with van der Waals surface area (Å²) < 4.78 is 0. The van der Waals surface area contributed by atoms with E-state index in [0.29, 0.717) is 11.8 Å². The summed E-state index contributed by atoms with van der Waals surface area (Å²) >= 11 is 0. The summed E-state index contributed by atoms with van der Waals surface area (Å²) in [6, 6.07) is 0. The molecule has 1 unspecified atom stereocenters. The van der Waals surface area contributed by atoms with Gasteiger partial charge in [0, 0.05) is 5.92 Å². The SMILES string of the molecule is CC(C)C1=CC2C=CC=CC2=C1. The first-order chi connectivity index (χ1) is 5.77. The molecule has 0 aliphatic heterocycles. The van der Waals surface area contributed by atoms with E-state index in [1.807, 2.05) is 0 Å². The second-order valence-electron chi connectivity index (χ2n) is 3.74. The molecule has 0 saturated heterocycles. The van der Waals surface area contributed by atoms with Crippen molar-refractivity contribution in [2.45, 2.75) is 13.8 Å². The molecule has 0 radical (unpaired) electrons. The van der Waals surface area contributed by atoms with Gasteiger partial charge < -0.3 is 0 Å². The third-order valence-corrected chi connectivity index (χ3v) is 2.48. The van der Waals surface area contributed by atoms with Crippen LogP contribution in [0, 0.1) is 11.8 Å². The first-order valence-corrected chi connectivity index (χ1v) is 4.55. The van der Waals surface area contributed by atoms with E-state index in [9.17, 15) is 0 Å². The van der Waals surface area contributed by atoms with Gasteiger partial charge in [-0.1, -0.05) is 50.3 Å². The Labute approximate surface area is 74.0 Å². The van der Waals surface area contributed by atoms with Gasteiger partial charge in [0.1, 0.15) is 0 Å². The lowest BCUT2D eigenvalue weighted by atomic mass is 9.98. The Morgan fingerprint density at radius 2 is 2.08 bits per heavy atom. The Morgan fingerprint density at radius 3 is 2.75 bits per heavy atom. The van der Waals surface area contributed by atoms with Gasteiger partial charge in [0.05, 0.1) is 0 Å². The smallest absolute Gasteiger partial charge is 0.0207 e. The predicted molar refractivity (Wildman–Crippen MR) is 52.8 cm³/mol. The fourth-order valence-corrected chi connectivity index (χ4v) is 1.68. The highest BCUT2D eigenvalue weighted by molar-refractivity contribution is 5.47. The highest BCUT2D eigenvalue weighted by Gasteiger charge is 2.17. The third-order valence-electron chi connectivity index (χ3n) is 2.48. The lowest BCUT2D eigenvalue weighted by Crippen LogP contribution is -1.93. The fourth-order valence-electron chi connectivity index (χ4n) is 1.68. The summed E-state index contributed by atoms with van der Waals surface area (Å²) in [5.41, 5.74) is 2.92. The molecule has 0 aromatic rings. The maximum atomic E-state index is 2.36. The van der Waals surface area contributed by atoms with Crippen molar-refractivity contribution in [1.82, 2.24) is 0 Å². The molecule has 1 atom stereocenters. The standard InChI is InChI=1S/C12H14/c1-9(2)12-7-10-5-3-4-6-11(10)8-12/h3-10H,1-2H3. The molecule has 0 heteroatoms. The van der Waals surface area contributed by atoms with E-state index in [1.54, 1.807) is 0 Å². The van der Waals surface area contributed by atoms with Crippen molar-refractivity contribution >= 4 is 0 Å². The van der Waals surface area contributed by atoms with Crippen LogP contribution in [0.3, 0.4) is 0 Å². The molecule has 62 valence electrons. The van der Waals surface area contributed by atoms with E-state index in [1.165, 1.54) is 11.1 Å². The summed E-state index contributed by atoms with van der Waals surface area (Å²) in [5.74, 6) is 1.22. The van der Waals surface area contributed by atoms with Crippen LogP contribution < -0.4 is 0 Å². The van der Waals surface area contributed by atoms with Gasteiger partial charge >= 0.3 is 0 Å². The Bertz CT molecular complexity index is 298. The van der Waals surface area contributed by atoms with Crippen LogP contribution >= 0.6 is 0 Å². The van der Waals surface area contributed by atoms with Crippen LogP contribution in [0.2, 0.25) is 0 Å². The van der Waals surface area contributed by atoms with E-state index in [-0.39, 0.29) is 0 Å². The summed E-state index contributed by atoms with van der Waals surface area (Å²) in [5, 5.41) is 0. The molecule has 0 bridgehead atoms. The Balaban J connectivity index is 2.29. The highest BCUT2D eigenvalue weighted by atomic mass is 14.2. The Kier molecular flexibility index (Phi) is 1.76. The zero-order valence-electron chi connectivity index (χ0n) is 7.62. The molecule has 0 heterocycles. The van der Waals surface area contributed by atoms with E-state index in [0.717, 1.165) is 0 Å². The van der Waals surface area contributed by atoms with Crippen LogP contribution in [-0.4, -0.2) is 0 Å². The van der Waals surface area contributed by atoms with E-state index in [2.05, 4.69) is 50.3 Å². The molecule has 0 nitrogen and oxygen atoms in total. The minimum Gasteiger partial charge on any atom is -0.0732 e. The van der Waals surface area contributed by atoms with Crippen molar-refractivity contribution in [2.75, 3.05) is 0 Å². The monoisotopic (exact) mass is 158 g/mol. The van der Waals surface area contributed by atoms with Crippen LogP contribution in [0.1, 0.15) is 13.8 Å². The molecule has 0 aromatic carbocycles. The molecule has 0 spiro atoms. The topological polar surface area (TPSA) is 0 Å². The molecule has 2 rings (SSSR count). The van der Waals surface area contributed by atoms with Crippen LogP contribution in [0.25, 0.3) is 0 Å². The number of fused-ring (bicyclic) bond motifs is 1. The summed E-state index contributed by atoms with van der Waals surface area (Å²) in [6.45, 7) is 4.49. The number of hydrogen-bond acceptors (Lipinski definition) is 0. The van der Waals surface area contributed by atoms with Crippen LogP contribution in [-0.2, 0) is 0 Å². The molecular formula is C12H14. The zero-order chi connectivity index (χ0) is 8.55. The van der Waals surface area contributed by atoms with Gasteiger partial charge in [-0.3, -0.25) is 0 Å². The maximum Gasteiger partial charge on any atom is 0.0207 e. The van der Waals surface area contributed by atoms with Crippen LogP contribution in [0.5, 0.6) is 0 Å². The largest absolute Gasteiger partial charge is 0.0732 e. The van der Waals surface area contributed by atoms with Gasteiger partial charge in [-0.25, -0.2) is 0 Å². The highest BCUT2D eigenvalue weighted by Crippen LogP contribution is 2.31. The minimum atomic E-state index is 0.562. The molecule has 2 aliphatic rings. The quantitative estimate of drug-likeness (QED) is 0.549. The molecular weight excluding hydrogens is 144 g/mol. The van der Waals surface area contributed by atoms with Gasteiger partial charge in [0.2, 0.25) is 0 Å². The number of allylic oxidation sites excluding steroid dienone is 8. The Morgan fingerprint density at radius 1 is 1.25 bits per heavy atom. The molecule has 0 amide bonds. The average molecular weight is 158 g/mol. The lowest BCUT2D eigenvalue weighted by Gasteiger charge is -2.06. The van der Waals surface area contributed by atoms with E-state index >= 15 is 0 Å². The third kappa shape index (κ3) is 1.18. The summed E-state index contributed by atoms with van der Waals surface area (Å²) in [6.07, 6.45) is 13.4. The molecule has 0 saturated carbocycles. The summed E-state index contributed by atoms with van der Waals surface area (Å²) in [4.78, 5) is 0. The average Bonchev–Trinajstić information content (AvgIpc) is 2.46. The van der Waals surface area contributed by atoms with Crippen LogP contribution in [0.15, 0.2) is 47.6 Å². The van der Waals surface area contributed by atoms with Gasteiger partial charge in [0.25, 0.3) is 0 Å². The maximum absolute atomic E-state index is 2.36. The van der Waals surface area contributed by atoms with Gasteiger partial charge in [0.15, 0.2) is 0 Å². The number of rotatable bonds is 1. The first-order valence-electron chi connectivity index (χ1n) is 4.55. The zero-order valence-corrected chi connectivity index (χ0v) is 7.62. The van der Waals surface area contributed by atoms with E-state index in [4.69, 9.17) is 0 Å². The lowest BCUT2D eigenvalue weighted by molar-refractivity contribution is 0.790. The Hall–Kier alpha value is -1.04. The second-order valence-corrected chi connectivity index (χ2v) is 3.74. The van der Waals surface area contributed by atoms with Crippen molar-refractivity contribution < 1.29 is 0 Å². The predicted octanol–water partition coefficient (Wildman–Crippen LogP) is 3.25. The summed E-state index contributed by atoms with van der Waals surface area (Å²) in [7, 11) is 0. The first kappa shape index (κ1) is 7.60. The van der Waals surface area contributed by atoms with Gasteiger partial charge in [-0.15, -0.1) is 0 Å². The number of hydrogen-bond donors (Lipinski definition) is 0. The van der Waals surface area contributed by atoms with Crippen molar-refractivity contribution in [2.24, 2.45) is 11.8 Å². The molecule has 12 heavy (non-hydrogen) atoms. The molecule has 0 aromatic heterocycles. The normalized spacial score (nSPS) is 25.8. The molecule has 0 fully saturated rings. The van der Waals surface area contributed by atoms with Gasteiger partial charge in [-0.05, 0) is 17.1 Å². The molecule has 0 N–H and O–H groups in total. The minimum absolute atomic E-state index is 0.562. The van der Waals surface area contributed by atoms with Crippen LogP contribution in [0.4, 0.5) is 0 Å². The van der Waals surface area contributed by atoms with Crippen molar-refractivity contribution in [3.8, 4) is 0 Å². The van der Waals surface area contributed by atoms with Crippen molar-refractivity contribution in [3.63, 3.8) is 0 Å². The molecule has 2 aliphatic carbocycles. The van der Waals surface area contributed by atoms with Gasteiger partial charge in [-0.2, -0.15) is 0 Å². The second kappa shape index (κ2) is 2.78. The van der Waals surface area contributed by atoms with Crippen molar-refractivity contribution in [1.29, 1.82) is 0 Å². The fraction of sp³-hybridized carbons (Fsp3) is 0.333. The van der Waals surface area contributed by atoms with E-state index < -0.39 is 0 Å².